The molecule has 0 aliphatic carbocycles. The smallest absolute Gasteiger partial charge is 0.313 e. The van der Waals surface area contributed by atoms with Crippen molar-refractivity contribution in [3.8, 4) is 0 Å². The number of thioether (sulfide) groups is 1. The molecule has 8 nitrogen and oxygen atoms in total. The molecule has 1 fully saturated rings. The lowest BCUT2D eigenvalue weighted by Crippen LogP contribution is -2.25. The monoisotopic (exact) mass is 355 g/mol. The van der Waals surface area contributed by atoms with Crippen molar-refractivity contribution in [1.29, 1.82) is 0 Å². The molecule has 1 unspecified atom stereocenters. The molecule has 2 rings (SSSR count). The van der Waals surface area contributed by atoms with Crippen LogP contribution < -0.4 is 4.90 Å². The molecule has 1 N–H and O–H groups in total. The summed E-state index contributed by atoms with van der Waals surface area (Å²) in [6.07, 6.45) is -0.0691. The van der Waals surface area contributed by atoms with Gasteiger partial charge in [-0.05, 0) is 0 Å². The van der Waals surface area contributed by atoms with Gasteiger partial charge in [0.05, 0.1) is 11.5 Å². The molecule has 1 aromatic rings. The molecule has 1 aliphatic rings. The van der Waals surface area contributed by atoms with Crippen molar-refractivity contribution in [3.63, 3.8) is 0 Å². The van der Waals surface area contributed by atoms with Crippen molar-refractivity contribution in [3.05, 3.63) is 0 Å². The highest BCUT2D eigenvalue weighted by Crippen LogP contribution is 2.32. The summed E-state index contributed by atoms with van der Waals surface area (Å²) in [5, 5.41) is 16.3. The largest absolute Gasteiger partial charge is 0.481 e. The Morgan fingerprint density at radius 2 is 2.24 bits per heavy atom. The number of amides is 1. The van der Waals surface area contributed by atoms with Crippen LogP contribution in [-0.4, -0.2) is 53.6 Å². The second kappa shape index (κ2) is 6.23. The van der Waals surface area contributed by atoms with Crippen LogP contribution in [0.3, 0.4) is 0 Å². The molecule has 21 heavy (non-hydrogen) atoms. The van der Waals surface area contributed by atoms with Gasteiger partial charge in [-0.15, -0.1) is 14.1 Å². The first-order valence-electron chi connectivity index (χ1n) is 5.65. The maximum Gasteiger partial charge on any atom is 0.313 e. The lowest BCUT2D eigenvalue weighted by atomic mass is 10.1. The molecule has 2 heterocycles. The van der Waals surface area contributed by atoms with E-state index in [4.69, 9.17) is 5.11 Å². The van der Waals surface area contributed by atoms with Crippen LogP contribution in [0.5, 0.6) is 0 Å². The predicted octanol–water partition coefficient (Wildman–Crippen LogP) is 0.367. The maximum atomic E-state index is 12.6. The number of hydrogen-bond acceptors (Lipinski definition) is 8. The molecule has 1 atom stereocenters. The Balaban J connectivity index is 2.02. The van der Waals surface area contributed by atoms with Gasteiger partial charge in [-0.3, -0.25) is 14.5 Å². The van der Waals surface area contributed by atoms with Crippen molar-refractivity contribution in [2.75, 3.05) is 23.0 Å². The zero-order valence-corrected chi connectivity index (χ0v) is 12.9. The Morgan fingerprint density at radius 1 is 1.52 bits per heavy atom. The van der Waals surface area contributed by atoms with Crippen LogP contribution >= 0.6 is 23.1 Å². The molecule has 0 radical (unpaired) electrons. The standard InChI is InChI=1S/C9H10FN3O5S3/c10-21(17,18)4-5-1-6(14)13(2-5)8-11-12-9(20-8)19-3-7(15)16/h5H,1-4H2,(H,15,16). The summed E-state index contributed by atoms with van der Waals surface area (Å²) >= 11 is 2.01. The lowest BCUT2D eigenvalue weighted by molar-refractivity contribution is -0.133. The van der Waals surface area contributed by atoms with Gasteiger partial charge < -0.3 is 5.11 Å². The first kappa shape index (κ1) is 16.1. The topological polar surface area (TPSA) is 118 Å². The first-order chi connectivity index (χ1) is 9.74. The fourth-order valence-electron chi connectivity index (χ4n) is 1.85. The van der Waals surface area contributed by atoms with E-state index in [1.54, 1.807) is 0 Å². The quantitative estimate of drug-likeness (QED) is 0.442. The fourth-order valence-corrected chi connectivity index (χ4v) is 4.23. The van der Waals surface area contributed by atoms with Gasteiger partial charge in [0, 0.05) is 18.9 Å². The molecule has 116 valence electrons. The average molecular weight is 355 g/mol. The number of aliphatic carboxylic acids is 1. The van der Waals surface area contributed by atoms with Gasteiger partial charge in [-0.2, -0.15) is 8.42 Å². The van der Waals surface area contributed by atoms with Gasteiger partial charge in [-0.1, -0.05) is 23.1 Å². The minimum Gasteiger partial charge on any atom is -0.481 e. The third kappa shape index (κ3) is 4.61. The Hall–Kier alpha value is -1.27. The number of rotatable bonds is 6. The fraction of sp³-hybridized carbons (Fsp3) is 0.556. The number of nitrogens with zero attached hydrogens (tertiary/aromatic N) is 3. The van der Waals surface area contributed by atoms with E-state index in [0.29, 0.717) is 4.34 Å². The molecule has 0 aromatic carbocycles. The highest BCUT2D eigenvalue weighted by Gasteiger charge is 2.35. The van der Waals surface area contributed by atoms with Crippen molar-refractivity contribution >= 4 is 50.3 Å². The molecule has 0 spiro atoms. The third-order valence-corrected chi connectivity index (χ3v) is 5.52. The van der Waals surface area contributed by atoms with Gasteiger partial charge in [0.25, 0.3) is 0 Å². The van der Waals surface area contributed by atoms with E-state index in [1.807, 2.05) is 0 Å². The predicted molar refractivity (Wildman–Crippen MR) is 73.6 cm³/mol. The van der Waals surface area contributed by atoms with Gasteiger partial charge in [0.15, 0.2) is 4.34 Å². The minimum absolute atomic E-state index is 0.0558. The van der Waals surface area contributed by atoms with E-state index in [9.17, 15) is 21.9 Å². The molecule has 0 saturated carbocycles. The van der Waals surface area contributed by atoms with Gasteiger partial charge in [0.2, 0.25) is 11.0 Å². The van der Waals surface area contributed by atoms with E-state index >= 15 is 0 Å². The minimum atomic E-state index is -4.63. The highest BCUT2D eigenvalue weighted by atomic mass is 32.3. The van der Waals surface area contributed by atoms with Crippen LogP contribution in [-0.2, 0) is 19.8 Å². The van der Waals surface area contributed by atoms with Crippen LogP contribution in [0.1, 0.15) is 6.42 Å². The molecule has 12 heteroatoms. The zero-order valence-electron chi connectivity index (χ0n) is 10.4. The summed E-state index contributed by atoms with van der Waals surface area (Å²) in [6.45, 7) is 0.0558. The highest BCUT2D eigenvalue weighted by molar-refractivity contribution is 8.01. The molecule has 1 aromatic heterocycles. The summed E-state index contributed by atoms with van der Waals surface area (Å²) in [5.74, 6) is -2.84. The SMILES string of the molecule is O=C(O)CSc1nnc(N2CC(CS(=O)(=O)F)CC2=O)s1. The number of carbonyl (C=O) groups excluding carboxylic acids is 1. The van der Waals surface area contributed by atoms with Crippen LogP contribution in [0, 0.1) is 5.92 Å². The molecule has 0 bridgehead atoms. The number of carboxylic acids is 1. The van der Waals surface area contributed by atoms with Crippen LogP contribution in [0.25, 0.3) is 0 Å². The zero-order chi connectivity index (χ0) is 15.6. The second-order valence-corrected chi connectivity index (χ2v) is 7.90. The van der Waals surface area contributed by atoms with Crippen LogP contribution in [0.2, 0.25) is 0 Å². The summed E-state index contributed by atoms with van der Waals surface area (Å²) < 4.78 is 34.2. The van der Waals surface area contributed by atoms with Crippen molar-refractivity contribution in [2.45, 2.75) is 10.8 Å². The summed E-state index contributed by atoms with van der Waals surface area (Å²) in [6, 6.07) is 0. The van der Waals surface area contributed by atoms with E-state index in [2.05, 4.69) is 10.2 Å². The Bertz CT molecular complexity index is 661. The van der Waals surface area contributed by atoms with E-state index in [0.717, 1.165) is 23.1 Å². The maximum absolute atomic E-state index is 12.6. The second-order valence-electron chi connectivity index (χ2n) is 4.31. The van der Waals surface area contributed by atoms with E-state index < -0.39 is 27.9 Å². The molecular formula is C9H10FN3O5S3. The molecule has 1 amide bonds. The summed E-state index contributed by atoms with van der Waals surface area (Å²) in [4.78, 5) is 23.5. The third-order valence-electron chi connectivity index (χ3n) is 2.59. The number of hydrogen-bond donors (Lipinski definition) is 1. The first-order valence-corrected chi connectivity index (χ1v) is 9.01. The number of aromatic nitrogens is 2. The van der Waals surface area contributed by atoms with Gasteiger partial charge in [-0.25, -0.2) is 0 Å². The van der Waals surface area contributed by atoms with Crippen LogP contribution in [0.4, 0.5) is 9.02 Å². The number of halogens is 1. The molecule has 1 saturated heterocycles. The Morgan fingerprint density at radius 3 is 2.86 bits per heavy atom. The van der Waals surface area contributed by atoms with Crippen molar-refractivity contribution in [1.82, 2.24) is 10.2 Å². The number of carboxylic acid groups (broad SMARTS) is 1. The lowest BCUT2D eigenvalue weighted by Gasteiger charge is -2.11. The van der Waals surface area contributed by atoms with Crippen LogP contribution in [0.15, 0.2) is 4.34 Å². The summed E-state index contributed by atoms with van der Waals surface area (Å²) in [5.41, 5.74) is 0. The Kier molecular flexibility index (Phi) is 4.78. The van der Waals surface area contributed by atoms with Crippen molar-refractivity contribution < 1.29 is 27.0 Å². The summed E-state index contributed by atoms with van der Waals surface area (Å²) in [7, 11) is -4.63. The van der Waals surface area contributed by atoms with Crippen molar-refractivity contribution in [2.24, 2.45) is 5.92 Å². The number of anilines is 1. The molecular weight excluding hydrogens is 345 g/mol. The normalized spacial score (nSPS) is 19.2. The van der Waals surface area contributed by atoms with E-state index in [-0.39, 0.29) is 29.8 Å². The Labute approximate surface area is 127 Å². The number of carbonyl (C=O) groups is 2. The van der Waals surface area contributed by atoms with E-state index in [1.165, 1.54) is 4.90 Å². The average Bonchev–Trinajstić information content (AvgIpc) is 2.91. The van der Waals surface area contributed by atoms with Gasteiger partial charge in [0.1, 0.15) is 0 Å². The molecule has 1 aliphatic heterocycles. The van der Waals surface area contributed by atoms with Gasteiger partial charge >= 0.3 is 16.2 Å².